The highest BCUT2D eigenvalue weighted by Gasteiger charge is 2.49. The van der Waals surface area contributed by atoms with Crippen LogP contribution in [0.2, 0.25) is 0 Å². The van der Waals surface area contributed by atoms with Crippen LogP contribution in [0.5, 0.6) is 0 Å². The molecule has 318 valence electrons. The highest BCUT2D eigenvalue weighted by molar-refractivity contribution is 5.69. The zero-order valence-corrected chi connectivity index (χ0v) is 37.6. The number of hydrogen-bond acceptors (Lipinski definition) is 8. The SMILES string of the molecule is CCCCCCCC(C)ON1C(C)(C)CC(OC(=O)CCCCCCCCC(=O)OC2CC(C)(C)N(OC(C)CCCCCCC)C(C)(C)C2)CC1(C)C. The summed E-state index contributed by atoms with van der Waals surface area (Å²) in [5, 5.41) is 4.39. The van der Waals surface area contributed by atoms with E-state index in [1.54, 1.807) is 0 Å². The van der Waals surface area contributed by atoms with E-state index in [1.807, 2.05) is 0 Å². The van der Waals surface area contributed by atoms with Gasteiger partial charge in [0.05, 0.1) is 12.2 Å². The highest BCUT2D eigenvalue weighted by Crippen LogP contribution is 2.42. The average molecular weight is 765 g/mol. The van der Waals surface area contributed by atoms with Crippen LogP contribution >= 0.6 is 0 Å². The number of ether oxygens (including phenoxy) is 2. The standard InChI is InChI=1S/C46H88N2O6/c1-13-15-17-21-25-29-37(3)53-47-43(5,6)33-39(34-44(47,7)8)51-41(49)31-27-23-19-20-24-28-32-42(50)52-40-35-45(9,10)48(46(11,12)36-40)54-38(4)30-26-22-18-16-14-2/h37-40H,13-36H2,1-12H3. The Balaban J connectivity index is 1.61. The quantitative estimate of drug-likeness (QED) is 0.0604. The van der Waals surface area contributed by atoms with Gasteiger partial charge >= 0.3 is 11.9 Å². The fourth-order valence-corrected chi connectivity index (χ4v) is 9.35. The lowest BCUT2D eigenvalue weighted by Gasteiger charge is -2.54. The van der Waals surface area contributed by atoms with Gasteiger partial charge in [-0.25, -0.2) is 0 Å². The van der Waals surface area contributed by atoms with E-state index in [0.29, 0.717) is 12.8 Å². The third kappa shape index (κ3) is 17.9. The number of nitrogens with zero attached hydrogens (tertiary/aromatic N) is 2. The van der Waals surface area contributed by atoms with Gasteiger partial charge in [-0.05, 0) is 94.9 Å². The Morgan fingerprint density at radius 1 is 0.481 bits per heavy atom. The maximum atomic E-state index is 12.8. The summed E-state index contributed by atoms with van der Waals surface area (Å²) in [6.07, 6.45) is 24.9. The number of unbranched alkanes of at least 4 members (excludes halogenated alkanes) is 13. The summed E-state index contributed by atoms with van der Waals surface area (Å²) in [6.45, 7) is 26.6. The number of piperidine rings is 2. The molecule has 2 saturated heterocycles. The fourth-order valence-electron chi connectivity index (χ4n) is 9.35. The van der Waals surface area contributed by atoms with E-state index in [-0.39, 0.29) is 58.5 Å². The summed E-state index contributed by atoms with van der Waals surface area (Å²) in [5.74, 6) is -0.166. The second-order valence-corrected chi connectivity index (χ2v) is 19.7. The van der Waals surface area contributed by atoms with E-state index in [0.717, 1.165) is 77.0 Å². The average Bonchev–Trinajstić information content (AvgIpc) is 3.04. The largest absolute Gasteiger partial charge is 0.462 e. The van der Waals surface area contributed by atoms with Crippen LogP contribution in [0.15, 0.2) is 0 Å². The Bertz CT molecular complexity index is 940. The number of carbonyl (C=O) groups is 2. The van der Waals surface area contributed by atoms with E-state index in [1.165, 1.54) is 64.2 Å². The monoisotopic (exact) mass is 765 g/mol. The molecular weight excluding hydrogens is 677 g/mol. The zero-order chi connectivity index (χ0) is 40.4. The molecule has 2 atom stereocenters. The minimum absolute atomic E-state index is 0.0831. The van der Waals surface area contributed by atoms with Crippen molar-refractivity contribution in [3.05, 3.63) is 0 Å². The van der Waals surface area contributed by atoms with Crippen LogP contribution in [0.4, 0.5) is 0 Å². The van der Waals surface area contributed by atoms with Crippen LogP contribution < -0.4 is 0 Å². The van der Waals surface area contributed by atoms with E-state index in [4.69, 9.17) is 19.1 Å². The van der Waals surface area contributed by atoms with E-state index in [9.17, 15) is 9.59 Å². The van der Waals surface area contributed by atoms with Crippen LogP contribution in [0, 0.1) is 0 Å². The molecule has 2 aliphatic rings. The predicted molar refractivity (Wildman–Crippen MR) is 223 cm³/mol. The van der Waals surface area contributed by atoms with Crippen LogP contribution in [0.1, 0.15) is 237 Å². The molecule has 0 bridgehead atoms. The van der Waals surface area contributed by atoms with Crippen molar-refractivity contribution in [1.29, 1.82) is 0 Å². The van der Waals surface area contributed by atoms with Gasteiger partial charge in [0, 0.05) is 60.7 Å². The van der Waals surface area contributed by atoms with Gasteiger partial charge in [-0.3, -0.25) is 19.3 Å². The number of carbonyl (C=O) groups excluding carboxylic acids is 2. The van der Waals surface area contributed by atoms with Crippen molar-refractivity contribution in [1.82, 2.24) is 10.1 Å². The van der Waals surface area contributed by atoms with Crippen molar-refractivity contribution < 1.29 is 28.7 Å². The molecule has 0 aliphatic carbocycles. The molecule has 2 aliphatic heterocycles. The van der Waals surface area contributed by atoms with E-state index < -0.39 is 0 Å². The van der Waals surface area contributed by atoms with Gasteiger partial charge in [0.1, 0.15) is 12.2 Å². The molecule has 0 radical (unpaired) electrons. The van der Waals surface area contributed by atoms with Gasteiger partial charge in [-0.2, -0.15) is 10.1 Å². The molecule has 0 spiro atoms. The molecule has 0 aromatic rings. The van der Waals surface area contributed by atoms with Gasteiger partial charge in [-0.1, -0.05) is 104 Å². The van der Waals surface area contributed by atoms with Crippen molar-refractivity contribution in [2.75, 3.05) is 0 Å². The Kier molecular flexibility index (Phi) is 21.6. The number of hydrogen-bond donors (Lipinski definition) is 0. The lowest BCUT2D eigenvalue weighted by Crippen LogP contribution is -2.62. The molecule has 0 amide bonds. The molecule has 54 heavy (non-hydrogen) atoms. The Morgan fingerprint density at radius 3 is 1.07 bits per heavy atom. The van der Waals surface area contributed by atoms with Crippen molar-refractivity contribution in [2.24, 2.45) is 0 Å². The molecule has 2 rings (SSSR count). The molecule has 8 nitrogen and oxygen atoms in total. The first-order valence-corrected chi connectivity index (χ1v) is 22.7. The maximum absolute atomic E-state index is 12.8. The Hall–Kier alpha value is -1.22. The highest BCUT2D eigenvalue weighted by atomic mass is 16.7. The van der Waals surface area contributed by atoms with E-state index in [2.05, 4.69) is 93.2 Å². The van der Waals surface area contributed by atoms with Gasteiger partial charge in [0.15, 0.2) is 0 Å². The van der Waals surface area contributed by atoms with Gasteiger partial charge < -0.3 is 9.47 Å². The Labute approximate surface area is 333 Å². The van der Waals surface area contributed by atoms with Crippen LogP contribution in [0.25, 0.3) is 0 Å². The Morgan fingerprint density at radius 2 is 0.759 bits per heavy atom. The third-order valence-corrected chi connectivity index (χ3v) is 11.7. The summed E-state index contributed by atoms with van der Waals surface area (Å²) in [7, 11) is 0. The fraction of sp³-hybridized carbons (Fsp3) is 0.957. The molecule has 0 N–H and O–H groups in total. The lowest BCUT2D eigenvalue weighted by atomic mass is 9.80. The van der Waals surface area contributed by atoms with Crippen LogP contribution in [-0.4, -0.2) is 68.6 Å². The first kappa shape index (κ1) is 48.9. The second-order valence-electron chi connectivity index (χ2n) is 19.7. The van der Waals surface area contributed by atoms with Crippen molar-refractivity contribution in [3.8, 4) is 0 Å². The normalized spacial score (nSPS) is 21.5. The second kappa shape index (κ2) is 23.9. The minimum Gasteiger partial charge on any atom is -0.462 e. The molecule has 8 heteroatoms. The minimum atomic E-state index is -0.221. The summed E-state index contributed by atoms with van der Waals surface area (Å²) in [5.41, 5.74) is -0.886. The third-order valence-electron chi connectivity index (χ3n) is 11.7. The van der Waals surface area contributed by atoms with Crippen LogP contribution in [0.3, 0.4) is 0 Å². The zero-order valence-electron chi connectivity index (χ0n) is 37.6. The summed E-state index contributed by atoms with van der Waals surface area (Å²) >= 11 is 0. The van der Waals surface area contributed by atoms with Crippen molar-refractivity contribution in [2.45, 2.75) is 284 Å². The predicted octanol–water partition coefficient (Wildman–Crippen LogP) is 12.6. The number of esters is 2. The van der Waals surface area contributed by atoms with Crippen molar-refractivity contribution in [3.63, 3.8) is 0 Å². The first-order valence-electron chi connectivity index (χ1n) is 22.7. The summed E-state index contributed by atoms with van der Waals surface area (Å²) < 4.78 is 12.1. The summed E-state index contributed by atoms with van der Waals surface area (Å²) in [6, 6.07) is 0. The molecular formula is C46H88N2O6. The molecule has 0 aromatic heterocycles. The van der Waals surface area contributed by atoms with Gasteiger partial charge in [0.2, 0.25) is 0 Å². The molecule has 2 heterocycles. The number of rotatable bonds is 27. The smallest absolute Gasteiger partial charge is 0.306 e. The maximum Gasteiger partial charge on any atom is 0.306 e. The van der Waals surface area contributed by atoms with E-state index >= 15 is 0 Å². The summed E-state index contributed by atoms with van der Waals surface area (Å²) in [4.78, 5) is 38.8. The van der Waals surface area contributed by atoms with Crippen LogP contribution in [-0.2, 0) is 28.7 Å². The molecule has 2 unspecified atom stereocenters. The molecule has 2 fully saturated rings. The number of hydroxylamine groups is 4. The molecule has 0 aromatic carbocycles. The van der Waals surface area contributed by atoms with Crippen molar-refractivity contribution >= 4 is 11.9 Å². The van der Waals surface area contributed by atoms with Gasteiger partial charge in [0.25, 0.3) is 0 Å². The first-order chi connectivity index (χ1) is 25.3. The molecule has 0 saturated carbocycles. The lowest BCUT2D eigenvalue weighted by molar-refractivity contribution is -0.312. The topological polar surface area (TPSA) is 77.5 Å². The van der Waals surface area contributed by atoms with Gasteiger partial charge in [-0.15, -0.1) is 0 Å².